The van der Waals surface area contributed by atoms with Crippen molar-refractivity contribution < 1.29 is 28.9 Å². The summed E-state index contributed by atoms with van der Waals surface area (Å²) in [7, 11) is 0. The van der Waals surface area contributed by atoms with Crippen molar-refractivity contribution in [2.24, 2.45) is 23.7 Å². The molecule has 0 aromatic rings. The lowest BCUT2D eigenvalue weighted by molar-refractivity contribution is -0.194. The van der Waals surface area contributed by atoms with Crippen LogP contribution in [0.1, 0.15) is 59.8 Å². The van der Waals surface area contributed by atoms with Crippen molar-refractivity contribution in [3.63, 3.8) is 0 Å². The lowest BCUT2D eigenvalue weighted by Gasteiger charge is -2.31. The molecule has 0 radical (unpaired) electrons. The molecule has 1 aliphatic heterocycles. The van der Waals surface area contributed by atoms with Crippen molar-refractivity contribution >= 4 is 11.9 Å². The summed E-state index contributed by atoms with van der Waals surface area (Å²) in [6, 6.07) is 0. The summed E-state index contributed by atoms with van der Waals surface area (Å²) in [5.41, 5.74) is -0.0633. The molecule has 0 amide bonds. The van der Waals surface area contributed by atoms with Crippen LogP contribution in [0.4, 0.5) is 0 Å². The molecule has 6 nitrogen and oxygen atoms in total. The van der Waals surface area contributed by atoms with Gasteiger partial charge in [0.25, 0.3) is 0 Å². The van der Waals surface area contributed by atoms with Crippen LogP contribution in [-0.4, -0.2) is 41.1 Å². The molecule has 0 spiro atoms. The highest BCUT2D eigenvalue weighted by atomic mass is 16.7. The van der Waals surface area contributed by atoms with Gasteiger partial charge in [0.1, 0.15) is 0 Å². The van der Waals surface area contributed by atoms with Crippen molar-refractivity contribution in [1.82, 2.24) is 0 Å². The van der Waals surface area contributed by atoms with Gasteiger partial charge in [-0.05, 0) is 50.9 Å². The average molecular weight is 354 g/mol. The van der Waals surface area contributed by atoms with Crippen molar-refractivity contribution in [1.29, 1.82) is 0 Å². The number of esters is 2. The molecule has 1 N–H and O–H groups in total. The van der Waals surface area contributed by atoms with E-state index >= 15 is 0 Å². The van der Waals surface area contributed by atoms with Crippen molar-refractivity contribution in [2.45, 2.75) is 83.9 Å². The molecule has 0 aromatic carbocycles. The largest absolute Gasteiger partial charge is 0.425 e. The molecule has 25 heavy (non-hydrogen) atoms. The molecule has 0 aromatic heterocycles. The van der Waals surface area contributed by atoms with E-state index in [-0.39, 0.29) is 47.3 Å². The van der Waals surface area contributed by atoms with Gasteiger partial charge in [-0.25, -0.2) is 0 Å². The topological polar surface area (TPSA) is 85.4 Å². The Labute approximate surface area is 149 Å². The Morgan fingerprint density at radius 2 is 1.68 bits per heavy atom. The SMILES string of the molecule is CC(OC(=O)C1CC(O)CCC1C)OC(=O)C1CC2OC2(C)CC1C. The van der Waals surface area contributed by atoms with Gasteiger partial charge in [0.15, 0.2) is 0 Å². The van der Waals surface area contributed by atoms with Gasteiger partial charge in [0, 0.05) is 6.92 Å². The lowest BCUT2D eigenvalue weighted by Crippen LogP contribution is -2.38. The Bertz CT molecular complexity index is 534. The van der Waals surface area contributed by atoms with E-state index in [1.165, 1.54) is 0 Å². The number of ether oxygens (including phenoxy) is 3. The quantitative estimate of drug-likeness (QED) is 0.474. The first-order valence-electron chi connectivity index (χ1n) is 9.46. The number of fused-ring (bicyclic) bond motifs is 1. The Balaban J connectivity index is 1.49. The first-order valence-corrected chi connectivity index (χ1v) is 9.46. The maximum Gasteiger partial charge on any atom is 0.312 e. The van der Waals surface area contributed by atoms with Crippen LogP contribution >= 0.6 is 0 Å². The molecule has 1 heterocycles. The maximum atomic E-state index is 12.5. The van der Waals surface area contributed by atoms with Gasteiger partial charge in [0.2, 0.25) is 6.29 Å². The predicted octanol–water partition coefficient (Wildman–Crippen LogP) is 2.42. The number of hydrogen-bond donors (Lipinski definition) is 1. The normalized spacial score (nSPS) is 44.4. The molecule has 2 saturated carbocycles. The zero-order chi connectivity index (χ0) is 18.4. The highest BCUT2D eigenvalue weighted by molar-refractivity contribution is 5.75. The fourth-order valence-corrected chi connectivity index (χ4v) is 4.50. The third kappa shape index (κ3) is 4.00. The molecule has 2 aliphatic carbocycles. The van der Waals surface area contributed by atoms with Crippen molar-refractivity contribution in [3.05, 3.63) is 0 Å². The standard InChI is InChI=1S/C19H30O6/c1-10-5-6-13(20)7-14(10)17(21)23-12(3)24-18(22)15-8-16-19(4,25-16)9-11(15)2/h10-16,20H,5-9H2,1-4H3. The smallest absolute Gasteiger partial charge is 0.312 e. The molecule has 142 valence electrons. The zero-order valence-corrected chi connectivity index (χ0v) is 15.6. The third-order valence-electron chi connectivity index (χ3n) is 6.26. The number of aliphatic hydroxyl groups excluding tert-OH is 1. The van der Waals surface area contributed by atoms with E-state index in [2.05, 4.69) is 6.92 Å². The van der Waals surface area contributed by atoms with E-state index in [9.17, 15) is 14.7 Å². The van der Waals surface area contributed by atoms with Gasteiger partial charge >= 0.3 is 11.9 Å². The molecule has 8 atom stereocenters. The second kappa shape index (κ2) is 6.88. The number of carbonyl (C=O) groups excluding carboxylic acids is 2. The summed E-state index contributed by atoms with van der Waals surface area (Å²) in [5.74, 6) is -0.894. The van der Waals surface area contributed by atoms with E-state index in [1.54, 1.807) is 6.92 Å². The van der Waals surface area contributed by atoms with Crippen LogP contribution in [0.25, 0.3) is 0 Å². The van der Waals surface area contributed by atoms with Gasteiger partial charge in [-0.2, -0.15) is 0 Å². The van der Waals surface area contributed by atoms with Gasteiger partial charge in [0.05, 0.1) is 29.6 Å². The molecular weight excluding hydrogens is 324 g/mol. The van der Waals surface area contributed by atoms with Crippen LogP contribution in [0.5, 0.6) is 0 Å². The Morgan fingerprint density at radius 1 is 1.08 bits per heavy atom. The van der Waals surface area contributed by atoms with Crippen LogP contribution in [-0.2, 0) is 23.8 Å². The van der Waals surface area contributed by atoms with Crippen LogP contribution in [0, 0.1) is 23.7 Å². The predicted molar refractivity (Wildman–Crippen MR) is 89.3 cm³/mol. The Hall–Kier alpha value is -1.14. The fraction of sp³-hybridized carbons (Fsp3) is 0.895. The number of carbonyl (C=O) groups is 2. The molecule has 3 fully saturated rings. The minimum absolute atomic E-state index is 0.0633. The Kier molecular flexibility index (Phi) is 5.13. The fourth-order valence-electron chi connectivity index (χ4n) is 4.50. The first kappa shape index (κ1) is 18.6. The number of hydrogen-bond acceptors (Lipinski definition) is 6. The summed E-state index contributed by atoms with van der Waals surface area (Å²) in [5, 5.41) is 9.77. The van der Waals surface area contributed by atoms with E-state index in [1.807, 2.05) is 13.8 Å². The molecule has 1 saturated heterocycles. The van der Waals surface area contributed by atoms with Gasteiger partial charge < -0.3 is 19.3 Å². The molecule has 6 heteroatoms. The molecule has 8 unspecified atom stereocenters. The summed E-state index contributed by atoms with van der Waals surface area (Å²) < 4.78 is 16.4. The average Bonchev–Trinajstić information content (AvgIpc) is 3.18. The monoisotopic (exact) mass is 354 g/mol. The van der Waals surface area contributed by atoms with E-state index in [0.29, 0.717) is 12.8 Å². The van der Waals surface area contributed by atoms with E-state index in [4.69, 9.17) is 14.2 Å². The van der Waals surface area contributed by atoms with Gasteiger partial charge in [-0.3, -0.25) is 9.59 Å². The molecule has 3 aliphatic rings. The minimum Gasteiger partial charge on any atom is -0.425 e. The molecular formula is C19H30O6. The number of rotatable bonds is 4. The number of epoxide rings is 1. The van der Waals surface area contributed by atoms with Gasteiger partial charge in [-0.15, -0.1) is 0 Å². The second-order valence-electron chi connectivity index (χ2n) is 8.43. The van der Waals surface area contributed by atoms with Crippen molar-refractivity contribution in [2.75, 3.05) is 0 Å². The molecule has 3 rings (SSSR count). The molecule has 0 bridgehead atoms. The Morgan fingerprint density at radius 3 is 2.32 bits per heavy atom. The summed E-state index contributed by atoms with van der Waals surface area (Å²) in [6.07, 6.45) is 2.23. The van der Waals surface area contributed by atoms with Crippen LogP contribution in [0.3, 0.4) is 0 Å². The van der Waals surface area contributed by atoms with Gasteiger partial charge in [-0.1, -0.05) is 13.8 Å². The lowest BCUT2D eigenvalue weighted by atomic mass is 9.75. The minimum atomic E-state index is -0.910. The highest BCUT2D eigenvalue weighted by Gasteiger charge is 2.59. The maximum absolute atomic E-state index is 12.5. The highest BCUT2D eigenvalue weighted by Crippen LogP contribution is 2.51. The van der Waals surface area contributed by atoms with Crippen LogP contribution in [0.15, 0.2) is 0 Å². The van der Waals surface area contributed by atoms with Crippen LogP contribution < -0.4 is 0 Å². The summed E-state index contributed by atoms with van der Waals surface area (Å²) in [4.78, 5) is 24.8. The summed E-state index contributed by atoms with van der Waals surface area (Å²) in [6.45, 7) is 7.69. The van der Waals surface area contributed by atoms with Crippen molar-refractivity contribution in [3.8, 4) is 0 Å². The number of aliphatic hydroxyl groups is 1. The zero-order valence-electron chi connectivity index (χ0n) is 15.6. The second-order valence-corrected chi connectivity index (χ2v) is 8.43. The first-order chi connectivity index (χ1) is 11.7. The van der Waals surface area contributed by atoms with E-state index < -0.39 is 12.4 Å². The van der Waals surface area contributed by atoms with E-state index in [0.717, 1.165) is 19.3 Å². The summed E-state index contributed by atoms with van der Waals surface area (Å²) >= 11 is 0. The third-order valence-corrected chi connectivity index (χ3v) is 6.26. The van der Waals surface area contributed by atoms with Crippen LogP contribution in [0.2, 0.25) is 0 Å².